The van der Waals surface area contributed by atoms with Crippen molar-refractivity contribution >= 4 is 44.4 Å². The van der Waals surface area contributed by atoms with Gasteiger partial charge in [0, 0.05) is 16.8 Å². The molecule has 0 fully saturated rings. The van der Waals surface area contributed by atoms with E-state index < -0.39 is 0 Å². The zero-order valence-corrected chi connectivity index (χ0v) is 16.2. The van der Waals surface area contributed by atoms with Crippen LogP contribution in [0.2, 0.25) is 0 Å². The first-order chi connectivity index (χ1) is 12.7. The highest BCUT2D eigenvalue weighted by Crippen LogP contribution is 2.25. The van der Waals surface area contributed by atoms with Gasteiger partial charge in [-0.05, 0) is 29.8 Å². The van der Waals surface area contributed by atoms with Gasteiger partial charge in [0.15, 0.2) is 5.16 Å². The van der Waals surface area contributed by atoms with E-state index in [1.165, 1.54) is 5.56 Å². The monoisotopic (exact) mass is 426 g/mol. The first kappa shape index (κ1) is 17.1. The van der Waals surface area contributed by atoms with Crippen LogP contribution in [0.25, 0.3) is 16.7 Å². The van der Waals surface area contributed by atoms with Crippen LogP contribution in [-0.4, -0.2) is 19.2 Å². The number of benzene rings is 2. The highest BCUT2D eigenvalue weighted by molar-refractivity contribution is 9.10. The molecule has 0 aliphatic heterocycles. The van der Waals surface area contributed by atoms with Crippen LogP contribution < -0.4 is 5.56 Å². The molecular weight excluding hydrogens is 412 g/mol. The van der Waals surface area contributed by atoms with Crippen LogP contribution >= 0.6 is 27.7 Å². The molecule has 7 heteroatoms. The van der Waals surface area contributed by atoms with Crippen molar-refractivity contribution in [2.45, 2.75) is 17.5 Å². The molecular formula is C19H15BrN4OS. The van der Waals surface area contributed by atoms with Crippen molar-refractivity contribution in [2.24, 2.45) is 0 Å². The van der Waals surface area contributed by atoms with Crippen molar-refractivity contribution in [2.75, 3.05) is 0 Å². The molecule has 0 spiro atoms. The number of para-hydroxylation sites is 1. The molecule has 0 radical (unpaired) electrons. The van der Waals surface area contributed by atoms with Crippen molar-refractivity contribution in [1.29, 1.82) is 0 Å². The molecule has 0 aliphatic carbocycles. The fourth-order valence-electron chi connectivity index (χ4n) is 2.85. The molecule has 5 nitrogen and oxygen atoms in total. The first-order valence-corrected chi connectivity index (χ1v) is 9.81. The summed E-state index contributed by atoms with van der Waals surface area (Å²) in [6.07, 6.45) is 1.69. The molecule has 2 aromatic heterocycles. The van der Waals surface area contributed by atoms with Crippen molar-refractivity contribution in [3.05, 3.63) is 81.6 Å². The van der Waals surface area contributed by atoms with E-state index in [1.54, 1.807) is 22.4 Å². The zero-order chi connectivity index (χ0) is 18.1. The molecule has 0 amide bonds. The van der Waals surface area contributed by atoms with E-state index in [-0.39, 0.29) is 5.56 Å². The van der Waals surface area contributed by atoms with Crippen LogP contribution in [-0.2, 0) is 12.3 Å². The van der Waals surface area contributed by atoms with E-state index in [1.807, 2.05) is 40.8 Å². The highest BCUT2D eigenvalue weighted by atomic mass is 79.9. The summed E-state index contributed by atoms with van der Waals surface area (Å²) in [5, 5.41) is 10.0. The Morgan fingerprint density at radius 2 is 1.88 bits per heavy atom. The third-order valence-corrected chi connectivity index (χ3v) is 5.60. The van der Waals surface area contributed by atoms with E-state index in [9.17, 15) is 4.79 Å². The van der Waals surface area contributed by atoms with Gasteiger partial charge in [-0.2, -0.15) is 0 Å². The Hall–Kier alpha value is -2.38. The quantitative estimate of drug-likeness (QED) is 0.352. The molecule has 0 bridgehead atoms. The number of allylic oxidation sites excluding steroid dienone is 1. The molecule has 2 heterocycles. The third kappa shape index (κ3) is 2.97. The van der Waals surface area contributed by atoms with E-state index in [0.29, 0.717) is 17.7 Å². The molecule has 0 saturated carbocycles. The topological polar surface area (TPSA) is 52.2 Å². The van der Waals surface area contributed by atoms with Gasteiger partial charge in [-0.25, -0.2) is 0 Å². The lowest BCUT2D eigenvalue weighted by Crippen LogP contribution is -2.22. The van der Waals surface area contributed by atoms with Gasteiger partial charge < -0.3 is 0 Å². The number of fused-ring (bicyclic) bond motifs is 3. The lowest BCUT2D eigenvalue weighted by Gasteiger charge is -2.09. The van der Waals surface area contributed by atoms with Crippen LogP contribution in [0.1, 0.15) is 5.56 Å². The number of aromatic nitrogens is 4. The maximum atomic E-state index is 12.8. The predicted molar refractivity (Wildman–Crippen MR) is 109 cm³/mol. The zero-order valence-electron chi connectivity index (χ0n) is 13.8. The Morgan fingerprint density at radius 3 is 2.65 bits per heavy atom. The molecule has 130 valence electrons. The molecule has 0 unspecified atom stereocenters. The second kappa shape index (κ2) is 7.09. The Balaban J connectivity index is 1.84. The molecule has 0 atom stereocenters. The van der Waals surface area contributed by atoms with Crippen LogP contribution in [0.15, 0.2) is 75.6 Å². The normalized spacial score (nSPS) is 11.3. The smallest absolute Gasteiger partial charge is 0.263 e. The van der Waals surface area contributed by atoms with Gasteiger partial charge in [-0.15, -0.1) is 16.8 Å². The molecule has 0 N–H and O–H groups in total. The van der Waals surface area contributed by atoms with Gasteiger partial charge in [0.2, 0.25) is 5.78 Å². The molecule has 0 aliphatic rings. The number of rotatable bonds is 5. The van der Waals surface area contributed by atoms with Crippen LogP contribution in [0.4, 0.5) is 0 Å². The molecule has 26 heavy (non-hydrogen) atoms. The van der Waals surface area contributed by atoms with Gasteiger partial charge >= 0.3 is 0 Å². The van der Waals surface area contributed by atoms with Crippen molar-refractivity contribution in [3.63, 3.8) is 0 Å². The number of hydrogen-bond donors (Lipinski definition) is 0. The minimum atomic E-state index is -0.0788. The highest BCUT2D eigenvalue weighted by Gasteiger charge is 2.16. The average Bonchev–Trinajstić information content (AvgIpc) is 3.09. The summed E-state index contributed by atoms with van der Waals surface area (Å²) in [6, 6.07) is 15.7. The third-order valence-electron chi connectivity index (χ3n) is 4.07. The lowest BCUT2D eigenvalue weighted by molar-refractivity contribution is 0.783. The largest absolute Gasteiger partial charge is 0.272 e. The Kier molecular flexibility index (Phi) is 4.65. The molecule has 2 aromatic carbocycles. The lowest BCUT2D eigenvalue weighted by atomic mass is 10.2. The number of hydrogen-bond acceptors (Lipinski definition) is 4. The fraction of sp³-hybridized carbons (Fsp3) is 0.105. The van der Waals surface area contributed by atoms with E-state index in [4.69, 9.17) is 0 Å². The van der Waals surface area contributed by atoms with Crippen molar-refractivity contribution < 1.29 is 0 Å². The molecule has 0 saturated heterocycles. The van der Waals surface area contributed by atoms with Crippen molar-refractivity contribution in [3.8, 4) is 0 Å². The summed E-state index contributed by atoms with van der Waals surface area (Å²) in [5.74, 6) is 1.30. The second-order valence-electron chi connectivity index (χ2n) is 5.75. The summed E-state index contributed by atoms with van der Waals surface area (Å²) in [6.45, 7) is 4.14. The fourth-order valence-corrected chi connectivity index (χ4v) is 4.01. The van der Waals surface area contributed by atoms with Gasteiger partial charge in [0.05, 0.1) is 10.9 Å². The van der Waals surface area contributed by atoms with E-state index in [2.05, 4.69) is 44.8 Å². The average molecular weight is 427 g/mol. The molecule has 4 aromatic rings. The minimum Gasteiger partial charge on any atom is -0.272 e. The van der Waals surface area contributed by atoms with Gasteiger partial charge in [0.1, 0.15) is 0 Å². The first-order valence-electron chi connectivity index (χ1n) is 8.04. The Bertz CT molecular complexity index is 1160. The number of thioether (sulfide) groups is 1. The summed E-state index contributed by atoms with van der Waals surface area (Å²) in [4.78, 5) is 12.8. The Morgan fingerprint density at radius 1 is 1.12 bits per heavy atom. The minimum absolute atomic E-state index is 0.0788. The summed E-state index contributed by atoms with van der Waals surface area (Å²) < 4.78 is 4.61. The summed E-state index contributed by atoms with van der Waals surface area (Å²) >= 11 is 5.05. The van der Waals surface area contributed by atoms with Crippen LogP contribution in [0, 0.1) is 0 Å². The number of nitrogens with zero attached hydrogens (tertiary/aromatic N) is 4. The maximum absolute atomic E-state index is 12.8. The maximum Gasteiger partial charge on any atom is 0.263 e. The second-order valence-corrected chi connectivity index (χ2v) is 7.61. The van der Waals surface area contributed by atoms with E-state index >= 15 is 0 Å². The standard InChI is InChI=1S/C19H15BrN4OS/c1-2-11-23-17(25)15-5-3-4-6-16(15)24-18(23)21-22-19(24)26-12-13-7-9-14(20)10-8-13/h2-10H,1,11-12H2. The predicted octanol–water partition coefficient (Wildman–Crippen LogP) is 4.29. The summed E-state index contributed by atoms with van der Waals surface area (Å²) in [7, 11) is 0. The molecule has 4 rings (SSSR count). The van der Waals surface area contributed by atoms with Crippen LogP contribution in [0.5, 0.6) is 0 Å². The summed E-state index contributed by atoms with van der Waals surface area (Å²) in [5.41, 5.74) is 1.93. The van der Waals surface area contributed by atoms with Crippen molar-refractivity contribution in [1.82, 2.24) is 19.2 Å². The van der Waals surface area contributed by atoms with Crippen LogP contribution in [0.3, 0.4) is 0 Å². The number of halogens is 1. The SMILES string of the molecule is C=CCn1c(=O)c2ccccc2n2c(SCc3ccc(Br)cc3)nnc12. The van der Waals surface area contributed by atoms with Gasteiger partial charge in [-0.3, -0.25) is 13.8 Å². The Labute approximate surface area is 162 Å². The van der Waals surface area contributed by atoms with E-state index in [0.717, 1.165) is 20.9 Å². The van der Waals surface area contributed by atoms with Gasteiger partial charge in [0.25, 0.3) is 5.56 Å². The van der Waals surface area contributed by atoms with Gasteiger partial charge in [-0.1, -0.05) is 58.0 Å².